The molecule has 0 amide bonds. The highest BCUT2D eigenvalue weighted by Crippen LogP contribution is 1.93. The van der Waals surface area contributed by atoms with Crippen molar-refractivity contribution >= 4 is 11.8 Å². The van der Waals surface area contributed by atoms with E-state index in [4.69, 9.17) is 0 Å². The molecule has 0 saturated carbocycles. The van der Waals surface area contributed by atoms with Gasteiger partial charge in [-0.2, -0.15) is 0 Å². The highest BCUT2D eigenvalue weighted by molar-refractivity contribution is 5.84. The van der Waals surface area contributed by atoms with E-state index in [1.54, 1.807) is 0 Å². The van der Waals surface area contributed by atoms with Gasteiger partial charge < -0.3 is 14.2 Å². The maximum absolute atomic E-state index is 11.0. The molecule has 0 aromatic rings. The molecule has 0 aromatic carbocycles. The number of ether oxygens (including phenoxy) is 3. The highest BCUT2D eigenvalue weighted by atomic mass is 16.7. The Morgan fingerprint density at radius 2 is 1.75 bits per heavy atom. The van der Waals surface area contributed by atoms with Gasteiger partial charge >= 0.3 is 5.97 Å². The van der Waals surface area contributed by atoms with Crippen molar-refractivity contribution in [3.8, 4) is 0 Å². The van der Waals surface area contributed by atoms with E-state index in [9.17, 15) is 9.59 Å². The molecule has 0 spiro atoms. The number of hydrogen-bond donors (Lipinski definition) is 0. The van der Waals surface area contributed by atoms with Crippen LogP contribution >= 0.6 is 0 Å². The predicted molar refractivity (Wildman–Crippen MR) is 39.4 cm³/mol. The van der Waals surface area contributed by atoms with Crippen LogP contribution in [0.15, 0.2) is 0 Å². The lowest BCUT2D eigenvalue weighted by Gasteiger charge is -2.10. The SMILES string of the molecule is COC(OC)C(=O)COC(C)=O. The molecule has 0 atom stereocenters. The number of Topliss-reactive ketones (excluding diaryl/α,β-unsaturated/α-hetero) is 1. The molecule has 12 heavy (non-hydrogen) atoms. The first-order valence-electron chi connectivity index (χ1n) is 3.33. The quantitative estimate of drug-likeness (QED) is 0.426. The van der Waals surface area contributed by atoms with Gasteiger partial charge in [-0.25, -0.2) is 0 Å². The van der Waals surface area contributed by atoms with E-state index in [-0.39, 0.29) is 6.61 Å². The molecule has 0 aromatic heterocycles. The lowest BCUT2D eigenvalue weighted by atomic mass is 10.4. The van der Waals surface area contributed by atoms with Crippen LogP contribution in [0.2, 0.25) is 0 Å². The van der Waals surface area contributed by atoms with Gasteiger partial charge in [0.15, 0.2) is 6.61 Å². The van der Waals surface area contributed by atoms with E-state index in [2.05, 4.69) is 14.2 Å². The molecule has 0 bridgehead atoms. The molecule has 0 rings (SSSR count). The monoisotopic (exact) mass is 176 g/mol. The van der Waals surface area contributed by atoms with Crippen molar-refractivity contribution in [1.82, 2.24) is 0 Å². The number of carbonyl (C=O) groups excluding carboxylic acids is 2. The second-order valence-corrected chi connectivity index (χ2v) is 2.05. The van der Waals surface area contributed by atoms with Crippen LogP contribution in [-0.2, 0) is 23.8 Å². The van der Waals surface area contributed by atoms with Crippen molar-refractivity contribution in [3.63, 3.8) is 0 Å². The maximum Gasteiger partial charge on any atom is 0.303 e. The second-order valence-electron chi connectivity index (χ2n) is 2.05. The van der Waals surface area contributed by atoms with Gasteiger partial charge in [0, 0.05) is 21.1 Å². The van der Waals surface area contributed by atoms with Crippen molar-refractivity contribution in [1.29, 1.82) is 0 Å². The number of hydrogen-bond acceptors (Lipinski definition) is 5. The van der Waals surface area contributed by atoms with Gasteiger partial charge in [-0.3, -0.25) is 9.59 Å². The zero-order valence-corrected chi connectivity index (χ0v) is 7.33. The van der Waals surface area contributed by atoms with Crippen LogP contribution in [0.3, 0.4) is 0 Å². The predicted octanol–water partition coefficient (Wildman–Crippen LogP) is -0.263. The number of carbonyl (C=O) groups is 2. The van der Waals surface area contributed by atoms with Gasteiger partial charge in [0.25, 0.3) is 0 Å². The molecule has 0 aliphatic carbocycles. The Morgan fingerprint density at radius 3 is 2.08 bits per heavy atom. The summed E-state index contributed by atoms with van der Waals surface area (Å²) in [5.74, 6) is -0.926. The van der Waals surface area contributed by atoms with Crippen LogP contribution in [0, 0.1) is 0 Å². The lowest BCUT2D eigenvalue weighted by Crippen LogP contribution is -2.29. The van der Waals surface area contributed by atoms with Gasteiger partial charge in [0.2, 0.25) is 12.1 Å². The first-order valence-corrected chi connectivity index (χ1v) is 3.33. The third-order valence-corrected chi connectivity index (χ3v) is 1.11. The normalized spacial score (nSPS) is 10.0. The summed E-state index contributed by atoms with van der Waals surface area (Å²) in [5, 5.41) is 0. The topological polar surface area (TPSA) is 61.8 Å². The molecule has 0 unspecified atom stereocenters. The largest absolute Gasteiger partial charge is 0.458 e. The Bertz CT molecular complexity index is 161. The molecule has 0 aliphatic rings. The van der Waals surface area contributed by atoms with Gasteiger partial charge in [0.05, 0.1) is 0 Å². The zero-order valence-electron chi connectivity index (χ0n) is 7.33. The van der Waals surface area contributed by atoms with E-state index in [0.717, 1.165) is 0 Å². The van der Waals surface area contributed by atoms with E-state index in [1.807, 2.05) is 0 Å². The minimum Gasteiger partial charge on any atom is -0.458 e. The van der Waals surface area contributed by atoms with E-state index < -0.39 is 18.0 Å². The number of esters is 1. The Morgan fingerprint density at radius 1 is 1.25 bits per heavy atom. The Balaban J connectivity index is 3.77. The first kappa shape index (κ1) is 11.1. The van der Waals surface area contributed by atoms with Crippen molar-refractivity contribution in [2.75, 3.05) is 20.8 Å². The summed E-state index contributed by atoms with van der Waals surface area (Å²) in [6, 6.07) is 0. The molecular formula is C7H12O5. The summed E-state index contributed by atoms with van der Waals surface area (Å²) < 4.78 is 13.7. The summed E-state index contributed by atoms with van der Waals surface area (Å²) in [6.07, 6.45) is -0.954. The fourth-order valence-electron chi connectivity index (χ4n) is 0.600. The smallest absolute Gasteiger partial charge is 0.303 e. The molecule has 0 fully saturated rings. The average molecular weight is 176 g/mol. The van der Waals surface area contributed by atoms with Crippen LogP contribution in [0.5, 0.6) is 0 Å². The number of rotatable bonds is 5. The van der Waals surface area contributed by atoms with Crippen LogP contribution in [0.25, 0.3) is 0 Å². The fourth-order valence-corrected chi connectivity index (χ4v) is 0.600. The molecule has 0 heterocycles. The van der Waals surface area contributed by atoms with E-state index in [0.29, 0.717) is 0 Å². The first-order chi connectivity index (χ1) is 5.61. The standard InChI is InChI=1S/C7H12O5/c1-5(8)12-4-6(9)7(10-2)11-3/h7H,4H2,1-3H3. The van der Waals surface area contributed by atoms with Crippen LogP contribution < -0.4 is 0 Å². The highest BCUT2D eigenvalue weighted by Gasteiger charge is 2.17. The summed E-state index contributed by atoms with van der Waals surface area (Å²) in [5.41, 5.74) is 0. The van der Waals surface area contributed by atoms with E-state index >= 15 is 0 Å². The molecule has 0 saturated heterocycles. The Kier molecular flexibility index (Phi) is 5.23. The van der Waals surface area contributed by atoms with Crippen molar-refractivity contribution in [2.45, 2.75) is 13.2 Å². The van der Waals surface area contributed by atoms with Gasteiger partial charge in [0.1, 0.15) is 0 Å². The molecule has 5 heteroatoms. The number of ketones is 1. The summed E-state index contributed by atoms with van der Waals surface area (Å²) in [7, 11) is 2.67. The lowest BCUT2D eigenvalue weighted by molar-refractivity contribution is -0.165. The van der Waals surface area contributed by atoms with Crippen molar-refractivity contribution in [2.24, 2.45) is 0 Å². The molecule has 0 radical (unpaired) electrons. The summed E-state index contributed by atoms with van der Waals surface area (Å²) >= 11 is 0. The second kappa shape index (κ2) is 5.68. The van der Waals surface area contributed by atoms with Gasteiger partial charge in [-0.1, -0.05) is 0 Å². The Hall–Kier alpha value is -0.940. The van der Waals surface area contributed by atoms with Crippen molar-refractivity contribution < 1.29 is 23.8 Å². The molecule has 70 valence electrons. The van der Waals surface area contributed by atoms with Crippen LogP contribution in [0.4, 0.5) is 0 Å². The van der Waals surface area contributed by atoms with Crippen LogP contribution in [-0.4, -0.2) is 38.9 Å². The summed E-state index contributed by atoms with van der Waals surface area (Å²) in [4.78, 5) is 21.3. The van der Waals surface area contributed by atoms with Crippen LogP contribution in [0.1, 0.15) is 6.92 Å². The van der Waals surface area contributed by atoms with Gasteiger partial charge in [-0.05, 0) is 0 Å². The third-order valence-electron chi connectivity index (χ3n) is 1.11. The molecule has 0 aliphatic heterocycles. The Labute approximate surface area is 70.6 Å². The zero-order chi connectivity index (χ0) is 9.56. The van der Waals surface area contributed by atoms with Crippen molar-refractivity contribution in [3.05, 3.63) is 0 Å². The maximum atomic E-state index is 11.0. The minimum atomic E-state index is -0.954. The summed E-state index contributed by atoms with van der Waals surface area (Å²) in [6.45, 7) is 0.906. The molecule has 5 nitrogen and oxygen atoms in total. The fraction of sp³-hybridized carbons (Fsp3) is 0.714. The number of methoxy groups -OCH3 is 2. The molecular weight excluding hydrogens is 164 g/mol. The minimum absolute atomic E-state index is 0.318. The molecule has 0 N–H and O–H groups in total. The van der Waals surface area contributed by atoms with E-state index in [1.165, 1.54) is 21.1 Å². The van der Waals surface area contributed by atoms with Gasteiger partial charge in [-0.15, -0.1) is 0 Å². The average Bonchev–Trinajstić information content (AvgIpc) is 2.03. The third kappa shape index (κ3) is 4.05.